The lowest BCUT2D eigenvalue weighted by Crippen LogP contribution is -2.20. The molecule has 0 aliphatic heterocycles. The van der Waals surface area contributed by atoms with E-state index < -0.39 is 5.78 Å². The molecule has 1 rings (SSSR count). The van der Waals surface area contributed by atoms with Crippen LogP contribution in [0, 0.1) is 0 Å². The van der Waals surface area contributed by atoms with E-state index in [1.54, 1.807) is 0 Å². The normalized spacial score (nSPS) is 23.8. The topological polar surface area (TPSA) is 54.4 Å². The summed E-state index contributed by atoms with van der Waals surface area (Å²) < 4.78 is 0. The minimum Gasteiger partial charge on any atom is -0.515 e. The van der Waals surface area contributed by atoms with Crippen LogP contribution in [0.2, 0.25) is 0 Å². The van der Waals surface area contributed by atoms with Gasteiger partial charge in [-0.25, -0.2) is 0 Å². The third kappa shape index (κ3) is 1.07. The van der Waals surface area contributed by atoms with Gasteiger partial charge in [-0.05, 0) is 12.8 Å². The number of Topliss-reactive ketones (excluding diaryl/α,β-unsaturated/α-hetero) is 2. The standard InChI is InChI=1S/C7H8O3/c8-4-5-2-1-3-6(9)7(5)10/h4,8H,1-3H2/b5-4+. The number of ketones is 2. The molecule has 0 heterocycles. The number of rotatable bonds is 0. The number of aliphatic hydroxyl groups is 1. The van der Waals surface area contributed by atoms with E-state index in [1.807, 2.05) is 0 Å². The van der Waals surface area contributed by atoms with Crippen molar-refractivity contribution in [2.45, 2.75) is 19.3 Å². The number of aliphatic hydroxyl groups excluding tert-OH is 1. The van der Waals surface area contributed by atoms with Gasteiger partial charge in [0, 0.05) is 12.0 Å². The Balaban J connectivity index is 2.79. The number of carbonyl (C=O) groups is 2. The lowest BCUT2D eigenvalue weighted by Gasteiger charge is -2.08. The third-order valence-electron chi connectivity index (χ3n) is 1.55. The molecule has 0 amide bonds. The molecule has 0 saturated heterocycles. The van der Waals surface area contributed by atoms with Crippen LogP contribution in [0.5, 0.6) is 0 Å². The first-order valence-electron chi connectivity index (χ1n) is 3.16. The molecular formula is C7H8O3. The van der Waals surface area contributed by atoms with Crippen molar-refractivity contribution < 1.29 is 14.7 Å². The highest BCUT2D eigenvalue weighted by atomic mass is 16.2. The van der Waals surface area contributed by atoms with E-state index in [2.05, 4.69) is 0 Å². The summed E-state index contributed by atoms with van der Waals surface area (Å²) in [5, 5.41) is 8.44. The molecule has 0 spiro atoms. The van der Waals surface area contributed by atoms with Crippen molar-refractivity contribution in [3.63, 3.8) is 0 Å². The molecular weight excluding hydrogens is 132 g/mol. The summed E-state index contributed by atoms with van der Waals surface area (Å²) in [6, 6.07) is 0. The van der Waals surface area contributed by atoms with Crippen molar-refractivity contribution in [2.24, 2.45) is 0 Å². The fourth-order valence-electron chi connectivity index (χ4n) is 0.969. The highest BCUT2D eigenvalue weighted by Gasteiger charge is 2.23. The maximum Gasteiger partial charge on any atom is 0.227 e. The zero-order chi connectivity index (χ0) is 7.56. The number of allylic oxidation sites excluding steroid dienone is 1. The summed E-state index contributed by atoms with van der Waals surface area (Å²) in [5.41, 5.74) is 0.247. The van der Waals surface area contributed by atoms with Crippen LogP contribution < -0.4 is 0 Å². The minimum absolute atomic E-state index is 0.247. The molecule has 0 unspecified atom stereocenters. The molecule has 54 valence electrons. The van der Waals surface area contributed by atoms with Gasteiger partial charge in [0.25, 0.3) is 0 Å². The van der Waals surface area contributed by atoms with Gasteiger partial charge in [-0.1, -0.05) is 0 Å². The van der Waals surface area contributed by atoms with Crippen molar-refractivity contribution in [3.8, 4) is 0 Å². The average molecular weight is 140 g/mol. The van der Waals surface area contributed by atoms with Gasteiger partial charge in [-0.3, -0.25) is 9.59 Å². The summed E-state index contributed by atoms with van der Waals surface area (Å²) in [5.74, 6) is -0.902. The number of hydrogen-bond donors (Lipinski definition) is 1. The third-order valence-corrected chi connectivity index (χ3v) is 1.55. The molecule has 1 fully saturated rings. The van der Waals surface area contributed by atoms with Crippen molar-refractivity contribution in [2.75, 3.05) is 0 Å². The van der Waals surface area contributed by atoms with Gasteiger partial charge in [0.05, 0.1) is 6.26 Å². The lowest BCUT2D eigenvalue weighted by molar-refractivity contribution is -0.135. The summed E-state index contributed by atoms with van der Waals surface area (Å²) in [6.45, 7) is 0. The van der Waals surface area contributed by atoms with Crippen LogP contribution in [0.1, 0.15) is 19.3 Å². The van der Waals surface area contributed by atoms with Gasteiger partial charge in [-0.2, -0.15) is 0 Å². The van der Waals surface area contributed by atoms with Gasteiger partial charge in [0.15, 0.2) is 0 Å². The van der Waals surface area contributed by atoms with Crippen LogP contribution in [0.25, 0.3) is 0 Å². The molecule has 0 aromatic carbocycles. The molecule has 3 nitrogen and oxygen atoms in total. The Morgan fingerprint density at radius 2 is 2.00 bits per heavy atom. The Hall–Kier alpha value is -1.12. The Bertz CT molecular complexity index is 203. The minimum atomic E-state index is -0.520. The Labute approximate surface area is 58.4 Å². The fraction of sp³-hybridized carbons (Fsp3) is 0.429. The summed E-state index contributed by atoms with van der Waals surface area (Å²) >= 11 is 0. The van der Waals surface area contributed by atoms with Gasteiger partial charge in [0.1, 0.15) is 0 Å². The number of hydrogen-bond acceptors (Lipinski definition) is 3. The van der Waals surface area contributed by atoms with E-state index in [0.717, 1.165) is 6.26 Å². The summed E-state index contributed by atoms with van der Waals surface area (Å²) in [7, 11) is 0. The van der Waals surface area contributed by atoms with Gasteiger partial charge in [-0.15, -0.1) is 0 Å². The van der Waals surface area contributed by atoms with E-state index >= 15 is 0 Å². The Kier molecular flexibility index (Phi) is 1.85. The van der Waals surface area contributed by atoms with Crippen molar-refractivity contribution in [3.05, 3.63) is 11.8 Å². The SMILES string of the molecule is O=C1CCC/C(=C\O)C1=O. The fourth-order valence-corrected chi connectivity index (χ4v) is 0.969. The quantitative estimate of drug-likeness (QED) is 0.307. The Morgan fingerprint density at radius 3 is 2.50 bits per heavy atom. The van der Waals surface area contributed by atoms with Crippen molar-refractivity contribution >= 4 is 11.6 Å². The summed E-state index contributed by atoms with van der Waals surface area (Å²) in [4.78, 5) is 21.4. The van der Waals surface area contributed by atoms with Crippen LogP contribution in [0.4, 0.5) is 0 Å². The molecule has 0 aromatic heterocycles. The van der Waals surface area contributed by atoms with Crippen molar-refractivity contribution in [1.29, 1.82) is 0 Å². The largest absolute Gasteiger partial charge is 0.515 e. The Morgan fingerprint density at radius 1 is 1.30 bits per heavy atom. The predicted octanol–water partition coefficient (Wildman–Crippen LogP) is 0.750. The molecule has 0 aromatic rings. The van der Waals surface area contributed by atoms with Crippen LogP contribution in [0.15, 0.2) is 11.8 Å². The zero-order valence-corrected chi connectivity index (χ0v) is 5.46. The van der Waals surface area contributed by atoms with E-state index in [0.29, 0.717) is 19.3 Å². The van der Waals surface area contributed by atoms with Crippen LogP contribution in [0.3, 0.4) is 0 Å². The molecule has 1 N–H and O–H groups in total. The molecule has 0 radical (unpaired) electrons. The first-order chi connectivity index (χ1) is 4.75. The van der Waals surface area contributed by atoms with E-state index in [4.69, 9.17) is 5.11 Å². The first-order valence-corrected chi connectivity index (χ1v) is 3.16. The number of carbonyl (C=O) groups excluding carboxylic acids is 2. The van der Waals surface area contributed by atoms with Gasteiger partial charge in [0.2, 0.25) is 11.6 Å². The monoisotopic (exact) mass is 140 g/mol. The second-order valence-electron chi connectivity index (χ2n) is 2.26. The molecule has 1 aliphatic rings. The van der Waals surface area contributed by atoms with E-state index in [9.17, 15) is 9.59 Å². The van der Waals surface area contributed by atoms with Crippen LogP contribution >= 0.6 is 0 Å². The lowest BCUT2D eigenvalue weighted by atomic mass is 9.93. The average Bonchev–Trinajstić information content (AvgIpc) is 1.95. The predicted molar refractivity (Wildman–Crippen MR) is 34.6 cm³/mol. The summed E-state index contributed by atoms with van der Waals surface area (Å²) in [6.07, 6.45) is 2.27. The molecule has 1 aliphatic carbocycles. The van der Waals surface area contributed by atoms with Crippen molar-refractivity contribution in [1.82, 2.24) is 0 Å². The smallest absolute Gasteiger partial charge is 0.227 e. The highest BCUT2D eigenvalue weighted by molar-refractivity contribution is 6.44. The zero-order valence-electron chi connectivity index (χ0n) is 5.46. The molecule has 0 bridgehead atoms. The maximum atomic E-state index is 10.8. The second-order valence-corrected chi connectivity index (χ2v) is 2.26. The van der Waals surface area contributed by atoms with Gasteiger partial charge >= 0.3 is 0 Å². The molecule has 1 saturated carbocycles. The molecule has 0 atom stereocenters. The molecule has 3 heteroatoms. The molecule has 10 heavy (non-hydrogen) atoms. The van der Waals surface area contributed by atoms with Crippen LogP contribution in [-0.2, 0) is 9.59 Å². The van der Waals surface area contributed by atoms with E-state index in [1.165, 1.54) is 0 Å². The van der Waals surface area contributed by atoms with Crippen LogP contribution in [-0.4, -0.2) is 16.7 Å². The van der Waals surface area contributed by atoms with E-state index in [-0.39, 0.29) is 11.4 Å². The first kappa shape index (κ1) is 6.99. The second kappa shape index (κ2) is 2.64. The highest BCUT2D eigenvalue weighted by Crippen LogP contribution is 2.15. The maximum absolute atomic E-state index is 10.8. The van der Waals surface area contributed by atoms with Gasteiger partial charge < -0.3 is 5.11 Å².